The fourth-order valence-electron chi connectivity index (χ4n) is 2.79. The number of oxazole rings is 1. The maximum absolute atomic E-state index is 9.28. The highest BCUT2D eigenvalue weighted by Crippen LogP contribution is 2.31. The Bertz CT molecular complexity index is 490. The van der Waals surface area contributed by atoms with Crippen LogP contribution >= 0.6 is 0 Å². The van der Waals surface area contributed by atoms with Gasteiger partial charge >= 0.3 is 0 Å². The minimum Gasteiger partial charge on any atom is -0.424 e. The molecule has 1 aliphatic rings. The van der Waals surface area contributed by atoms with Gasteiger partial charge in [0, 0.05) is 13.2 Å². The quantitative estimate of drug-likeness (QED) is 0.870. The van der Waals surface area contributed by atoms with Crippen molar-refractivity contribution in [2.75, 3.05) is 18.5 Å². The smallest absolute Gasteiger partial charge is 0.295 e. The van der Waals surface area contributed by atoms with Crippen LogP contribution in [0, 0.1) is 11.8 Å². The van der Waals surface area contributed by atoms with Crippen LogP contribution in [0.5, 0.6) is 0 Å². The number of aliphatic hydroxyl groups is 1. The lowest BCUT2D eigenvalue weighted by Gasteiger charge is -2.16. The van der Waals surface area contributed by atoms with Crippen LogP contribution in [0.2, 0.25) is 0 Å². The highest BCUT2D eigenvalue weighted by molar-refractivity contribution is 5.74. The maximum Gasteiger partial charge on any atom is 0.295 e. The third-order valence-corrected chi connectivity index (χ3v) is 3.86. The van der Waals surface area contributed by atoms with Gasteiger partial charge in [0.2, 0.25) is 0 Å². The van der Waals surface area contributed by atoms with Gasteiger partial charge < -0.3 is 14.8 Å². The Labute approximate surface area is 106 Å². The van der Waals surface area contributed by atoms with Gasteiger partial charge in [-0.1, -0.05) is 18.6 Å². The number of hydrogen-bond donors (Lipinski definition) is 2. The lowest BCUT2D eigenvalue weighted by molar-refractivity contribution is 0.198. The molecule has 2 atom stereocenters. The van der Waals surface area contributed by atoms with Crippen LogP contribution in [0.1, 0.15) is 19.3 Å². The summed E-state index contributed by atoms with van der Waals surface area (Å²) >= 11 is 0. The van der Waals surface area contributed by atoms with Crippen LogP contribution in [0.3, 0.4) is 0 Å². The summed E-state index contributed by atoms with van der Waals surface area (Å²) in [6, 6.07) is 8.33. The molecule has 0 amide bonds. The van der Waals surface area contributed by atoms with E-state index >= 15 is 0 Å². The molecule has 96 valence electrons. The summed E-state index contributed by atoms with van der Waals surface area (Å²) in [4.78, 5) is 4.38. The average Bonchev–Trinajstić information content (AvgIpc) is 3.01. The summed E-state index contributed by atoms with van der Waals surface area (Å²) in [7, 11) is 0. The Balaban J connectivity index is 1.66. The average molecular weight is 246 g/mol. The molecule has 1 aliphatic carbocycles. The number of aromatic nitrogens is 1. The second-order valence-electron chi connectivity index (χ2n) is 5.00. The van der Waals surface area contributed by atoms with Crippen molar-refractivity contribution < 1.29 is 9.52 Å². The SMILES string of the molecule is OCC1CCCC1CNc1nc2ccccc2o1. The summed E-state index contributed by atoms with van der Waals surface area (Å²) < 4.78 is 5.61. The molecule has 4 nitrogen and oxygen atoms in total. The van der Waals surface area contributed by atoms with Gasteiger partial charge in [0.25, 0.3) is 6.01 Å². The zero-order chi connectivity index (χ0) is 12.4. The molecule has 1 fully saturated rings. The second-order valence-corrected chi connectivity index (χ2v) is 5.00. The summed E-state index contributed by atoms with van der Waals surface area (Å²) in [6.45, 7) is 1.12. The maximum atomic E-state index is 9.28. The summed E-state index contributed by atoms with van der Waals surface area (Å²) in [6.07, 6.45) is 3.53. The van der Waals surface area contributed by atoms with Gasteiger partial charge in [0.05, 0.1) is 0 Å². The molecule has 4 heteroatoms. The van der Waals surface area contributed by atoms with E-state index in [1.807, 2.05) is 24.3 Å². The third kappa shape index (κ3) is 2.20. The molecule has 0 aliphatic heterocycles. The fraction of sp³-hybridized carbons (Fsp3) is 0.500. The molecule has 1 saturated carbocycles. The zero-order valence-corrected chi connectivity index (χ0v) is 10.3. The second kappa shape index (κ2) is 4.98. The van der Waals surface area contributed by atoms with Gasteiger partial charge in [0.1, 0.15) is 5.52 Å². The molecular weight excluding hydrogens is 228 g/mol. The minimum atomic E-state index is 0.292. The van der Waals surface area contributed by atoms with Crippen LogP contribution in [-0.4, -0.2) is 23.2 Å². The largest absolute Gasteiger partial charge is 0.424 e. The third-order valence-electron chi connectivity index (χ3n) is 3.86. The number of rotatable bonds is 4. The Morgan fingerprint density at radius 2 is 2.11 bits per heavy atom. The van der Waals surface area contributed by atoms with Crippen LogP contribution in [0.25, 0.3) is 11.1 Å². The van der Waals surface area contributed by atoms with Crippen molar-refractivity contribution in [1.29, 1.82) is 0 Å². The van der Waals surface area contributed by atoms with E-state index in [2.05, 4.69) is 10.3 Å². The first-order valence-corrected chi connectivity index (χ1v) is 6.57. The van der Waals surface area contributed by atoms with Crippen LogP contribution in [-0.2, 0) is 0 Å². The lowest BCUT2D eigenvalue weighted by Crippen LogP contribution is -2.20. The standard InChI is InChI=1S/C14H18N2O2/c17-9-11-5-3-4-10(11)8-15-14-16-12-6-1-2-7-13(12)18-14/h1-2,6-7,10-11,17H,3-5,8-9H2,(H,15,16). The minimum absolute atomic E-state index is 0.292. The van der Waals surface area contributed by atoms with Gasteiger partial charge in [-0.2, -0.15) is 4.98 Å². The molecule has 1 aromatic heterocycles. The lowest BCUT2D eigenvalue weighted by atomic mass is 9.97. The first kappa shape index (κ1) is 11.5. The molecule has 18 heavy (non-hydrogen) atoms. The van der Waals surface area contributed by atoms with Crippen molar-refractivity contribution >= 4 is 17.1 Å². The summed E-state index contributed by atoms with van der Waals surface area (Å²) in [5.41, 5.74) is 1.69. The number of para-hydroxylation sites is 2. The number of hydrogen-bond acceptors (Lipinski definition) is 4. The van der Waals surface area contributed by atoms with Gasteiger partial charge in [-0.05, 0) is 36.8 Å². The van der Waals surface area contributed by atoms with E-state index in [4.69, 9.17) is 4.42 Å². The Morgan fingerprint density at radius 3 is 2.94 bits per heavy atom. The monoisotopic (exact) mass is 246 g/mol. The first-order valence-electron chi connectivity index (χ1n) is 6.57. The molecule has 1 aromatic carbocycles. The molecule has 1 heterocycles. The van der Waals surface area contributed by atoms with E-state index in [0.717, 1.165) is 24.1 Å². The van der Waals surface area contributed by atoms with Gasteiger partial charge in [0.15, 0.2) is 5.58 Å². The molecule has 2 N–H and O–H groups in total. The Morgan fingerprint density at radius 1 is 1.28 bits per heavy atom. The molecule has 2 aromatic rings. The van der Waals surface area contributed by atoms with Crippen molar-refractivity contribution in [3.05, 3.63) is 24.3 Å². The van der Waals surface area contributed by atoms with Crippen molar-refractivity contribution in [1.82, 2.24) is 4.98 Å². The van der Waals surface area contributed by atoms with Crippen LogP contribution in [0.4, 0.5) is 6.01 Å². The Hall–Kier alpha value is -1.55. The first-order chi connectivity index (χ1) is 8.86. The highest BCUT2D eigenvalue weighted by Gasteiger charge is 2.26. The van der Waals surface area contributed by atoms with Gasteiger partial charge in [-0.25, -0.2) is 0 Å². The van der Waals surface area contributed by atoms with E-state index in [1.54, 1.807) is 0 Å². The fourth-order valence-corrected chi connectivity index (χ4v) is 2.79. The number of nitrogens with zero attached hydrogens (tertiary/aromatic N) is 1. The molecule has 0 bridgehead atoms. The van der Waals surface area contributed by atoms with Crippen LogP contribution in [0.15, 0.2) is 28.7 Å². The number of nitrogens with one attached hydrogen (secondary N) is 1. The van der Waals surface area contributed by atoms with Crippen molar-refractivity contribution in [3.63, 3.8) is 0 Å². The molecule has 0 saturated heterocycles. The molecule has 2 unspecified atom stereocenters. The molecule has 0 spiro atoms. The van der Waals surface area contributed by atoms with Crippen molar-refractivity contribution in [2.45, 2.75) is 19.3 Å². The van der Waals surface area contributed by atoms with E-state index < -0.39 is 0 Å². The predicted octanol–water partition coefficient (Wildman–Crippen LogP) is 2.65. The van der Waals surface area contributed by atoms with E-state index in [9.17, 15) is 5.11 Å². The van der Waals surface area contributed by atoms with E-state index in [0.29, 0.717) is 24.5 Å². The topological polar surface area (TPSA) is 58.3 Å². The van der Waals surface area contributed by atoms with Crippen LogP contribution < -0.4 is 5.32 Å². The summed E-state index contributed by atoms with van der Waals surface area (Å²) in [5.74, 6) is 0.965. The van der Waals surface area contributed by atoms with E-state index in [1.165, 1.54) is 12.8 Å². The summed E-state index contributed by atoms with van der Waals surface area (Å²) in [5, 5.41) is 12.5. The molecule has 3 rings (SSSR count). The number of aliphatic hydroxyl groups excluding tert-OH is 1. The predicted molar refractivity (Wildman–Crippen MR) is 70.4 cm³/mol. The number of benzene rings is 1. The zero-order valence-electron chi connectivity index (χ0n) is 10.3. The van der Waals surface area contributed by atoms with Gasteiger partial charge in [-0.3, -0.25) is 0 Å². The van der Waals surface area contributed by atoms with Crippen molar-refractivity contribution in [2.24, 2.45) is 11.8 Å². The van der Waals surface area contributed by atoms with Gasteiger partial charge in [-0.15, -0.1) is 0 Å². The Kier molecular flexibility index (Phi) is 3.19. The van der Waals surface area contributed by atoms with E-state index in [-0.39, 0.29) is 0 Å². The number of fused-ring (bicyclic) bond motifs is 1. The normalized spacial score (nSPS) is 23.6. The number of anilines is 1. The molecule has 0 radical (unpaired) electrons. The van der Waals surface area contributed by atoms with Crippen molar-refractivity contribution in [3.8, 4) is 0 Å². The highest BCUT2D eigenvalue weighted by atomic mass is 16.4. The molecular formula is C14H18N2O2.